The number of piperidine rings is 1. The molecule has 7 nitrogen and oxygen atoms in total. The van der Waals surface area contributed by atoms with Gasteiger partial charge in [0.15, 0.2) is 11.5 Å². The Bertz CT molecular complexity index is 890. The zero-order valence-electron chi connectivity index (χ0n) is 16.4. The van der Waals surface area contributed by atoms with E-state index >= 15 is 0 Å². The molecule has 1 N–H and O–H groups in total. The Labute approximate surface area is 169 Å². The second-order valence-corrected chi connectivity index (χ2v) is 7.81. The quantitative estimate of drug-likeness (QED) is 0.846. The number of nitrogens with one attached hydrogen (secondary N) is 1. The average Bonchev–Trinajstić information content (AvgIpc) is 3.11. The van der Waals surface area contributed by atoms with E-state index in [1.54, 1.807) is 14.2 Å². The normalized spacial score (nSPS) is 20.6. The van der Waals surface area contributed by atoms with Gasteiger partial charge < -0.3 is 19.7 Å². The molecule has 1 fully saturated rings. The van der Waals surface area contributed by atoms with Crippen molar-refractivity contribution in [3.8, 4) is 11.5 Å². The number of benzene rings is 1. The van der Waals surface area contributed by atoms with Crippen molar-refractivity contribution in [1.29, 1.82) is 0 Å². The number of likely N-dealkylation sites (tertiary alicyclic amines) is 1. The summed E-state index contributed by atoms with van der Waals surface area (Å²) in [6.07, 6.45) is 4.22. The number of aromatic nitrogens is 2. The second kappa shape index (κ2) is 7.64. The smallest absolute Gasteiger partial charge is 0.226 e. The summed E-state index contributed by atoms with van der Waals surface area (Å²) in [7, 11) is 5.27. The summed E-state index contributed by atoms with van der Waals surface area (Å²) < 4.78 is 12.8. The second-order valence-electron chi connectivity index (χ2n) is 7.44. The van der Waals surface area contributed by atoms with E-state index in [0.717, 1.165) is 42.9 Å². The van der Waals surface area contributed by atoms with Gasteiger partial charge in [-0.1, -0.05) is 17.7 Å². The SMILES string of the molecule is COc1ccc(C2CC(=O)Nc3c2cnn3C2CCN(C)CC2)c(Cl)c1OC. The maximum absolute atomic E-state index is 12.5. The van der Waals surface area contributed by atoms with Crippen LogP contribution in [0.4, 0.5) is 5.82 Å². The third-order valence-electron chi connectivity index (χ3n) is 5.77. The monoisotopic (exact) mass is 404 g/mol. The number of methoxy groups -OCH3 is 2. The number of nitrogens with zero attached hydrogens (tertiary/aromatic N) is 3. The van der Waals surface area contributed by atoms with Gasteiger partial charge in [-0.25, -0.2) is 4.68 Å². The summed E-state index contributed by atoms with van der Waals surface area (Å²) in [6.45, 7) is 2.05. The maximum Gasteiger partial charge on any atom is 0.226 e. The largest absolute Gasteiger partial charge is 0.493 e. The van der Waals surface area contributed by atoms with Crippen LogP contribution >= 0.6 is 11.6 Å². The highest BCUT2D eigenvalue weighted by molar-refractivity contribution is 6.33. The van der Waals surface area contributed by atoms with Crippen LogP contribution in [0.2, 0.25) is 5.02 Å². The molecule has 0 aliphatic carbocycles. The fourth-order valence-electron chi connectivity index (χ4n) is 4.21. The molecule has 0 bridgehead atoms. The van der Waals surface area contributed by atoms with Crippen LogP contribution in [0.15, 0.2) is 18.3 Å². The molecule has 1 unspecified atom stereocenters. The summed E-state index contributed by atoms with van der Waals surface area (Å²) in [5.74, 6) is 1.64. The van der Waals surface area contributed by atoms with Gasteiger partial charge in [0.2, 0.25) is 5.91 Å². The summed E-state index contributed by atoms with van der Waals surface area (Å²) in [4.78, 5) is 14.8. The van der Waals surface area contributed by atoms with Crippen molar-refractivity contribution in [3.05, 3.63) is 34.5 Å². The number of hydrogen-bond donors (Lipinski definition) is 1. The first kappa shape index (κ1) is 19.1. The van der Waals surface area contributed by atoms with Gasteiger partial charge in [-0.3, -0.25) is 4.79 Å². The van der Waals surface area contributed by atoms with Crippen LogP contribution in [0.5, 0.6) is 11.5 Å². The highest BCUT2D eigenvalue weighted by Crippen LogP contribution is 2.46. The number of ether oxygens (including phenoxy) is 2. The molecule has 2 aliphatic heterocycles. The number of fused-ring (bicyclic) bond motifs is 1. The first-order valence-electron chi connectivity index (χ1n) is 9.49. The Balaban J connectivity index is 1.73. The number of hydrogen-bond acceptors (Lipinski definition) is 5. The van der Waals surface area contributed by atoms with Crippen molar-refractivity contribution >= 4 is 23.3 Å². The van der Waals surface area contributed by atoms with E-state index in [1.165, 1.54) is 0 Å². The lowest BCUT2D eigenvalue weighted by Gasteiger charge is -2.31. The molecule has 150 valence electrons. The topological polar surface area (TPSA) is 68.6 Å². The molecule has 4 rings (SSSR count). The van der Waals surface area contributed by atoms with Gasteiger partial charge in [-0.05, 0) is 44.6 Å². The Kier molecular flexibility index (Phi) is 5.21. The van der Waals surface area contributed by atoms with Gasteiger partial charge in [0, 0.05) is 17.9 Å². The molecular weight excluding hydrogens is 380 g/mol. The van der Waals surface area contributed by atoms with E-state index in [9.17, 15) is 4.79 Å². The van der Waals surface area contributed by atoms with Crippen LogP contribution in [-0.4, -0.2) is 54.9 Å². The van der Waals surface area contributed by atoms with Gasteiger partial charge in [-0.2, -0.15) is 5.10 Å². The number of anilines is 1. The highest BCUT2D eigenvalue weighted by atomic mass is 35.5. The summed E-state index contributed by atoms with van der Waals surface area (Å²) in [5.41, 5.74) is 1.84. The zero-order chi connectivity index (χ0) is 19.8. The number of halogens is 1. The number of carbonyl (C=O) groups excluding carboxylic acids is 1. The van der Waals surface area contributed by atoms with Gasteiger partial charge in [0.25, 0.3) is 0 Å². The van der Waals surface area contributed by atoms with E-state index in [2.05, 4.69) is 22.4 Å². The fraction of sp³-hybridized carbons (Fsp3) is 0.500. The molecule has 1 aromatic carbocycles. The lowest BCUT2D eigenvalue weighted by atomic mass is 9.87. The Morgan fingerprint density at radius 3 is 2.61 bits per heavy atom. The molecule has 1 aromatic heterocycles. The minimum absolute atomic E-state index is 0.0296. The van der Waals surface area contributed by atoms with E-state index < -0.39 is 0 Å². The standard InChI is InChI=1S/C20H25ClN4O3/c1-24-8-6-12(7-9-24)25-20-15(11-22-25)14(10-17(26)23-20)13-4-5-16(27-2)19(28-3)18(13)21/h4-5,11-12,14H,6-10H2,1-3H3,(H,23,26). The van der Waals surface area contributed by atoms with Gasteiger partial charge >= 0.3 is 0 Å². The van der Waals surface area contributed by atoms with Crippen molar-refractivity contribution in [2.24, 2.45) is 0 Å². The first-order valence-corrected chi connectivity index (χ1v) is 9.87. The van der Waals surface area contributed by atoms with Crippen LogP contribution in [0.25, 0.3) is 0 Å². The molecule has 1 amide bonds. The molecule has 0 spiro atoms. The van der Waals surface area contributed by atoms with Crippen molar-refractivity contribution in [3.63, 3.8) is 0 Å². The summed E-state index contributed by atoms with van der Waals surface area (Å²) in [6, 6.07) is 4.02. The maximum atomic E-state index is 12.5. The zero-order valence-corrected chi connectivity index (χ0v) is 17.1. The minimum Gasteiger partial charge on any atom is -0.493 e. The lowest BCUT2D eigenvalue weighted by molar-refractivity contribution is -0.116. The molecular formula is C20H25ClN4O3. The molecule has 0 radical (unpaired) electrons. The minimum atomic E-state index is -0.170. The summed E-state index contributed by atoms with van der Waals surface area (Å²) >= 11 is 6.64. The van der Waals surface area contributed by atoms with E-state index in [1.807, 2.05) is 23.0 Å². The number of carbonyl (C=O) groups is 1. The van der Waals surface area contributed by atoms with Crippen molar-refractivity contribution < 1.29 is 14.3 Å². The number of rotatable bonds is 4. The van der Waals surface area contributed by atoms with E-state index in [0.29, 0.717) is 29.0 Å². The number of amides is 1. The summed E-state index contributed by atoms with van der Waals surface area (Å²) in [5, 5.41) is 8.16. The predicted molar refractivity (Wildman–Crippen MR) is 108 cm³/mol. The molecule has 0 saturated carbocycles. The Morgan fingerprint density at radius 1 is 1.18 bits per heavy atom. The third kappa shape index (κ3) is 3.22. The van der Waals surface area contributed by atoms with E-state index in [4.69, 9.17) is 21.1 Å². The predicted octanol–water partition coefficient (Wildman–Crippen LogP) is 3.29. The molecule has 8 heteroatoms. The molecule has 28 heavy (non-hydrogen) atoms. The molecule has 3 heterocycles. The molecule has 1 atom stereocenters. The molecule has 2 aromatic rings. The van der Waals surface area contributed by atoms with Gasteiger partial charge in [-0.15, -0.1) is 0 Å². The van der Waals surface area contributed by atoms with Crippen molar-refractivity contribution in [2.45, 2.75) is 31.2 Å². The van der Waals surface area contributed by atoms with Crippen LogP contribution in [-0.2, 0) is 4.79 Å². The van der Waals surface area contributed by atoms with Gasteiger partial charge in [0.05, 0.1) is 31.5 Å². The highest BCUT2D eigenvalue weighted by Gasteiger charge is 2.34. The van der Waals surface area contributed by atoms with Gasteiger partial charge in [0.1, 0.15) is 5.82 Å². The lowest BCUT2D eigenvalue weighted by Crippen LogP contribution is -2.33. The van der Waals surface area contributed by atoms with Crippen molar-refractivity contribution in [2.75, 3.05) is 39.7 Å². The van der Waals surface area contributed by atoms with Crippen LogP contribution in [0.3, 0.4) is 0 Å². The Morgan fingerprint density at radius 2 is 1.93 bits per heavy atom. The van der Waals surface area contributed by atoms with Crippen LogP contribution < -0.4 is 14.8 Å². The molecule has 1 saturated heterocycles. The third-order valence-corrected chi connectivity index (χ3v) is 6.16. The van der Waals surface area contributed by atoms with Crippen LogP contribution in [0, 0.1) is 0 Å². The average molecular weight is 405 g/mol. The van der Waals surface area contributed by atoms with Crippen molar-refractivity contribution in [1.82, 2.24) is 14.7 Å². The van der Waals surface area contributed by atoms with E-state index in [-0.39, 0.29) is 11.8 Å². The first-order chi connectivity index (χ1) is 13.5. The van der Waals surface area contributed by atoms with Crippen LogP contribution in [0.1, 0.15) is 42.3 Å². The fourth-order valence-corrected chi connectivity index (χ4v) is 4.57. The Hall–Kier alpha value is -2.25. The molecule has 2 aliphatic rings.